The summed E-state index contributed by atoms with van der Waals surface area (Å²) in [6, 6.07) is 0.0765. The SMILES string of the molecule is CCCC[C@H](COC)NC(=O)c1cnn(C)c1. The van der Waals surface area contributed by atoms with Gasteiger partial charge in [0.15, 0.2) is 0 Å². The van der Waals surface area contributed by atoms with Gasteiger partial charge in [0.2, 0.25) is 0 Å². The number of hydrogen-bond acceptors (Lipinski definition) is 3. The second-order valence-electron chi connectivity index (χ2n) is 4.17. The Kier molecular flexibility index (Phi) is 5.69. The van der Waals surface area contributed by atoms with Crippen molar-refractivity contribution in [1.82, 2.24) is 15.1 Å². The molecular formula is C12H21N3O2. The molecule has 0 aromatic carbocycles. The molecule has 1 aromatic heterocycles. The van der Waals surface area contributed by atoms with Crippen LogP contribution in [0.15, 0.2) is 12.4 Å². The Labute approximate surface area is 102 Å². The number of aryl methyl sites for hydroxylation is 1. The smallest absolute Gasteiger partial charge is 0.254 e. The van der Waals surface area contributed by atoms with Crippen LogP contribution in [0.1, 0.15) is 36.5 Å². The van der Waals surface area contributed by atoms with Gasteiger partial charge in [0.25, 0.3) is 5.91 Å². The molecule has 1 aromatic rings. The fourth-order valence-corrected chi connectivity index (χ4v) is 1.66. The molecule has 5 nitrogen and oxygen atoms in total. The number of carbonyl (C=O) groups excluding carboxylic acids is 1. The summed E-state index contributed by atoms with van der Waals surface area (Å²) < 4.78 is 6.72. The monoisotopic (exact) mass is 239 g/mol. The van der Waals surface area contributed by atoms with Crippen molar-refractivity contribution in [1.29, 1.82) is 0 Å². The third-order valence-electron chi connectivity index (χ3n) is 2.58. The van der Waals surface area contributed by atoms with Gasteiger partial charge in [-0.3, -0.25) is 9.48 Å². The summed E-state index contributed by atoms with van der Waals surface area (Å²) >= 11 is 0. The van der Waals surface area contributed by atoms with Crippen LogP contribution in [0, 0.1) is 0 Å². The van der Waals surface area contributed by atoms with E-state index in [4.69, 9.17) is 4.74 Å². The second-order valence-corrected chi connectivity index (χ2v) is 4.17. The van der Waals surface area contributed by atoms with E-state index in [1.165, 1.54) is 0 Å². The van der Waals surface area contributed by atoms with Crippen molar-refractivity contribution < 1.29 is 9.53 Å². The van der Waals surface area contributed by atoms with Gasteiger partial charge in [-0.05, 0) is 6.42 Å². The van der Waals surface area contributed by atoms with Crippen LogP contribution in [0.25, 0.3) is 0 Å². The minimum atomic E-state index is -0.0868. The molecule has 5 heteroatoms. The number of ether oxygens (including phenoxy) is 1. The normalized spacial score (nSPS) is 12.4. The quantitative estimate of drug-likeness (QED) is 0.781. The van der Waals surface area contributed by atoms with Gasteiger partial charge in [-0.1, -0.05) is 19.8 Å². The minimum absolute atomic E-state index is 0.0765. The Balaban J connectivity index is 2.51. The lowest BCUT2D eigenvalue weighted by Gasteiger charge is -2.17. The number of carbonyl (C=O) groups is 1. The second kappa shape index (κ2) is 7.06. The Hall–Kier alpha value is -1.36. The van der Waals surface area contributed by atoms with Crippen LogP contribution in [0.4, 0.5) is 0 Å². The van der Waals surface area contributed by atoms with Gasteiger partial charge >= 0.3 is 0 Å². The summed E-state index contributed by atoms with van der Waals surface area (Å²) in [6.45, 7) is 2.68. The van der Waals surface area contributed by atoms with E-state index in [0.29, 0.717) is 12.2 Å². The molecule has 0 saturated heterocycles. The molecular weight excluding hydrogens is 218 g/mol. The first kappa shape index (κ1) is 13.7. The van der Waals surface area contributed by atoms with E-state index in [9.17, 15) is 4.79 Å². The maximum Gasteiger partial charge on any atom is 0.254 e. The lowest BCUT2D eigenvalue weighted by molar-refractivity contribution is 0.0890. The molecule has 0 fully saturated rings. The minimum Gasteiger partial charge on any atom is -0.383 e. The number of nitrogens with zero attached hydrogens (tertiary/aromatic N) is 2. The zero-order valence-electron chi connectivity index (χ0n) is 10.8. The lowest BCUT2D eigenvalue weighted by atomic mass is 10.1. The Morgan fingerprint density at radius 3 is 2.94 bits per heavy atom. The summed E-state index contributed by atoms with van der Waals surface area (Å²) in [4.78, 5) is 11.9. The molecule has 0 bridgehead atoms. The predicted molar refractivity (Wildman–Crippen MR) is 65.9 cm³/mol. The first-order valence-corrected chi connectivity index (χ1v) is 5.95. The highest BCUT2D eigenvalue weighted by Crippen LogP contribution is 2.03. The zero-order chi connectivity index (χ0) is 12.7. The number of aromatic nitrogens is 2. The standard InChI is InChI=1S/C12H21N3O2/c1-4-5-6-11(9-17-3)14-12(16)10-7-13-15(2)8-10/h7-8,11H,4-6,9H2,1-3H3,(H,14,16)/t11-/m1/s1. The average molecular weight is 239 g/mol. The molecule has 0 aliphatic heterocycles. The fourth-order valence-electron chi connectivity index (χ4n) is 1.66. The first-order chi connectivity index (χ1) is 8.17. The molecule has 1 rings (SSSR count). The van der Waals surface area contributed by atoms with Crippen LogP contribution in [0.2, 0.25) is 0 Å². The highest BCUT2D eigenvalue weighted by Gasteiger charge is 2.14. The molecule has 1 N–H and O–H groups in total. The number of amides is 1. The number of methoxy groups -OCH3 is 1. The molecule has 17 heavy (non-hydrogen) atoms. The topological polar surface area (TPSA) is 56.1 Å². The first-order valence-electron chi connectivity index (χ1n) is 5.95. The van der Waals surface area contributed by atoms with Gasteiger partial charge in [0, 0.05) is 20.4 Å². The number of rotatable bonds is 7. The summed E-state index contributed by atoms with van der Waals surface area (Å²) in [5.41, 5.74) is 0.588. The van der Waals surface area contributed by atoms with Crippen LogP contribution in [-0.2, 0) is 11.8 Å². The Bertz CT molecular complexity index is 349. The van der Waals surface area contributed by atoms with Gasteiger partial charge in [-0.2, -0.15) is 5.10 Å². The van der Waals surface area contributed by atoms with Gasteiger partial charge in [-0.15, -0.1) is 0 Å². The zero-order valence-corrected chi connectivity index (χ0v) is 10.8. The van der Waals surface area contributed by atoms with E-state index in [1.54, 1.807) is 31.2 Å². The Morgan fingerprint density at radius 1 is 1.65 bits per heavy atom. The van der Waals surface area contributed by atoms with Gasteiger partial charge < -0.3 is 10.1 Å². The van der Waals surface area contributed by atoms with Crippen LogP contribution in [-0.4, -0.2) is 35.4 Å². The van der Waals surface area contributed by atoms with Gasteiger partial charge in [0.1, 0.15) is 0 Å². The number of unbranched alkanes of at least 4 members (excludes halogenated alkanes) is 1. The summed E-state index contributed by atoms with van der Waals surface area (Å²) in [5.74, 6) is -0.0868. The average Bonchev–Trinajstić information content (AvgIpc) is 2.73. The van der Waals surface area contributed by atoms with E-state index in [1.807, 2.05) is 0 Å². The van der Waals surface area contributed by atoms with E-state index in [2.05, 4.69) is 17.3 Å². The van der Waals surface area contributed by atoms with Crippen LogP contribution >= 0.6 is 0 Å². The van der Waals surface area contributed by atoms with E-state index >= 15 is 0 Å². The summed E-state index contributed by atoms with van der Waals surface area (Å²) in [5, 5.41) is 6.94. The molecule has 0 aliphatic rings. The molecule has 1 amide bonds. The molecule has 96 valence electrons. The van der Waals surface area contributed by atoms with E-state index in [0.717, 1.165) is 19.3 Å². The highest BCUT2D eigenvalue weighted by molar-refractivity contribution is 5.93. The molecule has 0 aliphatic carbocycles. The van der Waals surface area contributed by atoms with E-state index < -0.39 is 0 Å². The third kappa shape index (κ3) is 4.56. The highest BCUT2D eigenvalue weighted by atomic mass is 16.5. The van der Waals surface area contributed by atoms with Crippen molar-refractivity contribution in [3.05, 3.63) is 18.0 Å². The van der Waals surface area contributed by atoms with Gasteiger partial charge in [0.05, 0.1) is 24.4 Å². The predicted octanol–water partition coefficient (Wildman–Crippen LogP) is 1.36. The fraction of sp³-hybridized carbons (Fsp3) is 0.667. The largest absolute Gasteiger partial charge is 0.383 e. The van der Waals surface area contributed by atoms with Crippen LogP contribution in [0.3, 0.4) is 0 Å². The van der Waals surface area contributed by atoms with Crippen molar-refractivity contribution >= 4 is 5.91 Å². The van der Waals surface area contributed by atoms with Crippen molar-refractivity contribution in [2.75, 3.05) is 13.7 Å². The molecule has 0 spiro atoms. The molecule has 1 atom stereocenters. The maximum atomic E-state index is 11.9. The van der Waals surface area contributed by atoms with E-state index in [-0.39, 0.29) is 11.9 Å². The maximum absolute atomic E-state index is 11.9. The van der Waals surface area contributed by atoms with Crippen molar-refractivity contribution in [2.24, 2.45) is 7.05 Å². The summed E-state index contributed by atoms with van der Waals surface area (Å²) in [6.07, 6.45) is 6.42. The third-order valence-corrected chi connectivity index (χ3v) is 2.58. The van der Waals surface area contributed by atoms with Crippen molar-refractivity contribution in [2.45, 2.75) is 32.2 Å². The molecule has 0 radical (unpaired) electrons. The Morgan fingerprint density at radius 2 is 2.41 bits per heavy atom. The summed E-state index contributed by atoms with van der Waals surface area (Å²) in [7, 11) is 3.44. The van der Waals surface area contributed by atoms with Crippen molar-refractivity contribution in [3.8, 4) is 0 Å². The van der Waals surface area contributed by atoms with Gasteiger partial charge in [-0.25, -0.2) is 0 Å². The number of nitrogens with one attached hydrogen (secondary N) is 1. The van der Waals surface area contributed by atoms with Crippen molar-refractivity contribution in [3.63, 3.8) is 0 Å². The molecule has 0 saturated carbocycles. The van der Waals surface area contributed by atoms with Crippen LogP contribution < -0.4 is 5.32 Å². The molecule has 0 unspecified atom stereocenters. The molecule has 1 heterocycles. The number of hydrogen-bond donors (Lipinski definition) is 1. The van der Waals surface area contributed by atoms with Crippen LogP contribution in [0.5, 0.6) is 0 Å². The lowest BCUT2D eigenvalue weighted by Crippen LogP contribution is -2.37.